The first kappa shape index (κ1) is 18.8. The van der Waals surface area contributed by atoms with Gasteiger partial charge in [0.15, 0.2) is 11.6 Å². The number of primary amides is 1. The number of aryl methyl sites for hydroxylation is 2. The number of carbonyl (C=O) groups is 1. The van der Waals surface area contributed by atoms with Crippen LogP contribution in [0.2, 0.25) is 0 Å². The molecule has 1 unspecified atom stereocenters. The van der Waals surface area contributed by atoms with E-state index in [1.807, 2.05) is 0 Å². The first-order valence-corrected chi connectivity index (χ1v) is 7.06. The fourth-order valence-electron chi connectivity index (χ4n) is 2.50. The number of amides is 1. The van der Waals surface area contributed by atoms with Crippen LogP contribution in [0.5, 0.6) is 0 Å². The van der Waals surface area contributed by atoms with Gasteiger partial charge in [0.2, 0.25) is 5.91 Å². The van der Waals surface area contributed by atoms with Gasteiger partial charge in [-0.05, 0) is 36.6 Å². The lowest BCUT2D eigenvalue weighted by Crippen LogP contribution is -2.26. The molecule has 2 aromatic rings. The van der Waals surface area contributed by atoms with Gasteiger partial charge in [0, 0.05) is 5.56 Å². The number of rotatable bonds is 3. The molecule has 0 fully saturated rings. The van der Waals surface area contributed by atoms with E-state index in [0.717, 1.165) is 5.56 Å². The Hall–Kier alpha value is -2.51. The summed E-state index contributed by atoms with van der Waals surface area (Å²) in [6, 6.07) is 4.15. The van der Waals surface area contributed by atoms with Gasteiger partial charge >= 0.3 is 6.18 Å². The van der Waals surface area contributed by atoms with E-state index in [-0.39, 0.29) is 11.6 Å². The van der Waals surface area contributed by atoms with Crippen molar-refractivity contribution in [3.63, 3.8) is 0 Å². The second-order valence-electron chi connectivity index (χ2n) is 5.62. The molecule has 1 atom stereocenters. The normalized spacial score (nSPS) is 13.0. The molecule has 0 aliphatic rings. The highest BCUT2D eigenvalue weighted by molar-refractivity contribution is 5.86. The Bertz CT molecular complexity index is 844. The number of hydrogen-bond donors (Lipinski definition) is 1. The zero-order chi connectivity index (χ0) is 19.1. The maximum atomic E-state index is 14.2. The number of halogens is 6. The summed E-state index contributed by atoms with van der Waals surface area (Å²) < 4.78 is 80.2. The molecular weight excluding hydrogens is 348 g/mol. The third kappa shape index (κ3) is 3.47. The second kappa shape index (κ2) is 6.42. The van der Waals surface area contributed by atoms with E-state index in [9.17, 15) is 31.1 Å². The van der Waals surface area contributed by atoms with Crippen molar-refractivity contribution in [2.75, 3.05) is 0 Å². The molecule has 0 bridgehead atoms. The predicted molar refractivity (Wildman–Crippen MR) is 78.3 cm³/mol. The molecule has 0 spiro atoms. The third-order valence-electron chi connectivity index (χ3n) is 3.94. The first-order valence-electron chi connectivity index (χ1n) is 7.06. The molecule has 2 aromatic carbocycles. The number of alkyl halides is 3. The van der Waals surface area contributed by atoms with Gasteiger partial charge in [-0.25, -0.2) is 13.2 Å². The Labute approximate surface area is 139 Å². The minimum absolute atomic E-state index is 0.0487. The molecule has 8 heteroatoms. The Morgan fingerprint density at radius 3 is 2.08 bits per heavy atom. The number of benzene rings is 2. The fraction of sp³-hybridized carbons (Fsp3) is 0.235. The zero-order valence-corrected chi connectivity index (χ0v) is 13.1. The lowest BCUT2D eigenvalue weighted by atomic mass is 9.87. The van der Waals surface area contributed by atoms with Crippen molar-refractivity contribution >= 4 is 5.91 Å². The van der Waals surface area contributed by atoms with Crippen molar-refractivity contribution in [1.82, 2.24) is 0 Å². The van der Waals surface area contributed by atoms with Crippen molar-refractivity contribution in [1.29, 1.82) is 0 Å². The van der Waals surface area contributed by atoms with Gasteiger partial charge in [0.05, 0.1) is 11.5 Å². The topological polar surface area (TPSA) is 43.1 Å². The van der Waals surface area contributed by atoms with Crippen LogP contribution in [0.1, 0.15) is 33.7 Å². The van der Waals surface area contributed by atoms with E-state index in [1.165, 1.54) is 12.1 Å². The van der Waals surface area contributed by atoms with Crippen LogP contribution in [-0.4, -0.2) is 5.91 Å². The van der Waals surface area contributed by atoms with Gasteiger partial charge in [0.1, 0.15) is 5.82 Å². The number of hydrogen-bond acceptors (Lipinski definition) is 1. The van der Waals surface area contributed by atoms with Crippen molar-refractivity contribution in [3.05, 3.63) is 69.5 Å². The summed E-state index contributed by atoms with van der Waals surface area (Å²) in [6.45, 7) is 3.41. The summed E-state index contributed by atoms with van der Waals surface area (Å²) in [4.78, 5) is 11.7. The van der Waals surface area contributed by atoms with Crippen molar-refractivity contribution in [3.8, 4) is 0 Å². The van der Waals surface area contributed by atoms with E-state index < -0.39 is 46.6 Å². The van der Waals surface area contributed by atoms with E-state index in [4.69, 9.17) is 5.73 Å². The number of carbonyl (C=O) groups excluding carboxylic acids is 1. The van der Waals surface area contributed by atoms with Gasteiger partial charge in [-0.1, -0.05) is 18.2 Å². The summed E-state index contributed by atoms with van der Waals surface area (Å²) in [6.07, 6.45) is -5.28. The molecule has 0 aliphatic carbocycles. The predicted octanol–water partition coefficient (Wildman–Crippen LogP) is 4.36. The average molecular weight is 361 g/mol. The van der Waals surface area contributed by atoms with Crippen LogP contribution in [0.15, 0.2) is 24.3 Å². The van der Waals surface area contributed by atoms with Crippen LogP contribution < -0.4 is 5.73 Å². The molecule has 2 nitrogen and oxygen atoms in total. The van der Waals surface area contributed by atoms with E-state index >= 15 is 0 Å². The summed E-state index contributed by atoms with van der Waals surface area (Å²) >= 11 is 0. The minimum Gasteiger partial charge on any atom is -0.369 e. The molecular formula is C17H13F6NO. The molecule has 0 heterocycles. The molecule has 0 aliphatic heterocycles. The highest BCUT2D eigenvalue weighted by Crippen LogP contribution is 2.38. The molecule has 0 aromatic heterocycles. The van der Waals surface area contributed by atoms with Crippen molar-refractivity contribution < 1.29 is 31.1 Å². The van der Waals surface area contributed by atoms with Crippen LogP contribution in [0, 0.1) is 31.3 Å². The maximum Gasteiger partial charge on any atom is 0.419 e. The summed E-state index contributed by atoms with van der Waals surface area (Å²) in [5.74, 6) is -9.06. The van der Waals surface area contributed by atoms with Crippen LogP contribution in [0.25, 0.3) is 0 Å². The summed E-state index contributed by atoms with van der Waals surface area (Å²) in [5.41, 5.74) is 3.47. The van der Waals surface area contributed by atoms with Gasteiger partial charge < -0.3 is 5.73 Å². The van der Waals surface area contributed by atoms with E-state index in [0.29, 0.717) is 5.56 Å². The van der Waals surface area contributed by atoms with Crippen molar-refractivity contribution in [2.24, 2.45) is 5.73 Å². The van der Waals surface area contributed by atoms with E-state index in [2.05, 4.69) is 0 Å². The quantitative estimate of drug-likeness (QED) is 0.641. The largest absolute Gasteiger partial charge is 0.419 e. The highest BCUT2D eigenvalue weighted by Gasteiger charge is 2.39. The Morgan fingerprint density at radius 1 is 1.00 bits per heavy atom. The SMILES string of the molecule is Cc1ccc(C(C(N)=O)c2c(F)cc(C(F)(F)F)c(F)c2F)cc1C. The molecule has 0 saturated carbocycles. The van der Waals surface area contributed by atoms with Gasteiger partial charge in [-0.3, -0.25) is 4.79 Å². The third-order valence-corrected chi connectivity index (χ3v) is 3.94. The zero-order valence-electron chi connectivity index (χ0n) is 13.1. The first-order chi connectivity index (χ1) is 11.4. The molecule has 2 N–H and O–H groups in total. The Morgan fingerprint density at radius 2 is 1.60 bits per heavy atom. The molecule has 0 radical (unpaired) electrons. The molecule has 1 amide bonds. The van der Waals surface area contributed by atoms with E-state index in [1.54, 1.807) is 19.9 Å². The lowest BCUT2D eigenvalue weighted by Gasteiger charge is -2.19. The fourth-order valence-corrected chi connectivity index (χ4v) is 2.50. The average Bonchev–Trinajstić information content (AvgIpc) is 2.48. The van der Waals surface area contributed by atoms with Gasteiger partial charge in [0.25, 0.3) is 0 Å². The lowest BCUT2D eigenvalue weighted by molar-refractivity contribution is -0.140. The Kier molecular flexibility index (Phi) is 4.83. The monoisotopic (exact) mass is 361 g/mol. The molecule has 25 heavy (non-hydrogen) atoms. The van der Waals surface area contributed by atoms with Crippen molar-refractivity contribution in [2.45, 2.75) is 25.9 Å². The molecule has 2 rings (SSSR count). The summed E-state index contributed by atoms with van der Waals surface area (Å²) in [5, 5.41) is 0. The standard InChI is InChI=1S/C17H13F6NO/c1-7-3-4-9(5-8(7)2)12(16(24)25)13-11(18)6-10(17(21,22)23)14(19)15(13)20/h3-6,12H,1-2H3,(H2,24,25). The van der Waals surface area contributed by atoms with Crippen LogP contribution >= 0.6 is 0 Å². The van der Waals surface area contributed by atoms with Gasteiger partial charge in [-0.2, -0.15) is 13.2 Å². The highest BCUT2D eigenvalue weighted by atomic mass is 19.4. The smallest absolute Gasteiger partial charge is 0.369 e. The number of nitrogens with two attached hydrogens (primary N) is 1. The minimum atomic E-state index is -5.28. The van der Waals surface area contributed by atoms with Crippen LogP contribution in [-0.2, 0) is 11.0 Å². The maximum absolute atomic E-state index is 14.2. The molecule has 134 valence electrons. The van der Waals surface area contributed by atoms with Crippen LogP contribution in [0.4, 0.5) is 26.3 Å². The molecule has 0 saturated heterocycles. The second-order valence-corrected chi connectivity index (χ2v) is 5.62. The van der Waals surface area contributed by atoms with Gasteiger partial charge in [-0.15, -0.1) is 0 Å². The van der Waals surface area contributed by atoms with Crippen LogP contribution in [0.3, 0.4) is 0 Å². The summed E-state index contributed by atoms with van der Waals surface area (Å²) in [7, 11) is 0. The Balaban J connectivity index is 2.74.